The van der Waals surface area contributed by atoms with Gasteiger partial charge in [0.1, 0.15) is 0 Å². The molecule has 2 amide bonds. The van der Waals surface area contributed by atoms with Gasteiger partial charge in [0.15, 0.2) is 0 Å². The van der Waals surface area contributed by atoms with E-state index in [1.807, 2.05) is 0 Å². The molecule has 1 aliphatic rings. The molecule has 1 aromatic carbocycles. The van der Waals surface area contributed by atoms with Crippen molar-refractivity contribution in [3.8, 4) is 0 Å². The van der Waals surface area contributed by atoms with Gasteiger partial charge in [-0.1, -0.05) is 0 Å². The minimum absolute atomic E-state index is 0.0386. The van der Waals surface area contributed by atoms with Crippen LogP contribution in [0.15, 0.2) is 24.3 Å². The first kappa shape index (κ1) is 16.7. The number of rotatable bonds is 4. The summed E-state index contributed by atoms with van der Waals surface area (Å²) < 4.78 is 5.00. The fraction of sp³-hybridized carbons (Fsp3) is 0.467. The van der Waals surface area contributed by atoms with E-state index in [9.17, 15) is 19.7 Å². The van der Waals surface area contributed by atoms with E-state index in [1.54, 1.807) is 11.8 Å². The van der Waals surface area contributed by atoms with E-state index in [4.69, 9.17) is 4.74 Å². The largest absolute Gasteiger partial charge is 0.466 e. The Bertz CT molecular complexity index is 587. The average Bonchev–Trinajstić information content (AvgIpc) is 2.55. The summed E-state index contributed by atoms with van der Waals surface area (Å²) >= 11 is 0. The van der Waals surface area contributed by atoms with Gasteiger partial charge in [0.25, 0.3) is 5.69 Å². The lowest BCUT2D eigenvalue weighted by Crippen LogP contribution is -2.44. The number of esters is 1. The Morgan fingerprint density at radius 3 is 2.70 bits per heavy atom. The highest BCUT2D eigenvalue weighted by Gasteiger charge is 2.29. The third kappa shape index (κ3) is 4.41. The number of nitro groups is 1. The standard InChI is InChI=1S/C15H19N3O5/c1-2-23-14(19)11-4-3-9-17(10-11)15(20)16-12-5-7-13(8-6-12)18(21)22/h5-8,11H,2-4,9-10H2,1H3,(H,16,20)/t11-/m1/s1. The van der Waals surface area contributed by atoms with Gasteiger partial charge >= 0.3 is 12.0 Å². The summed E-state index contributed by atoms with van der Waals surface area (Å²) in [5, 5.41) is 13.3. The predicted octanol–water partition coefficient (Wildman–Crippen LogP) is 2.40. The van der Waals surface area contributed by atoms with Crippen molar-refractivity contribution in [3.63, 3.8) is 0 Å². The van der Waals surface area contributed by atoms with Crippen LogP contribution in [0.1, 0.15) is 19.8 Å². The maximum absolute atomic E-state index is 12.2. The maximum Gasteiger partial charge on any atom is 0.321 e. The van der Waals surface area contributed by atoms with E-state index < -0.39 is 4.92 Å². The van der Waals surface area contributed by atoms with E-state index in [-0.39, 0.29) is 23.6 Å². The van der Waals surface area contributed by atoms with Crippen LogP contribution in [0.25, 0.3) is 0 Å². The highest BCUT2D eigenvalue weighted by atomic mass is 16.6. The van der Waals surface area contributed by atoms with Crippen molar-refractivity contribution in [3.05, 3.63) is 34.4 Å². The number of likely N-dealkylation sites (tertiary alicyclic amines) is 1. The molecule has 1 saturated heterocycles. The zero-order valence-corrected chi connectivity index (χ0v) is 12.9. The molecule has 0 unspecified atom stereocenters. The monoisotopic (exact) mass is 321 g/mol. The minimum atomic E-state index is -0.500. The Hall–Kier alpha value is -2.64. The molecule has 0 spiro atoms. The van der Waals surface area contributed by atoms with Gasteiger partial charge in [0.2, 0.25) is 0 Å². The molecule has 1 fully saturated rings. The van der Waals surface area contributed by atoms with Gasteiger partial charge in [0.05, 0.1) is 17.4 Å². The molecule has 1 atom stereocenters. The number of benzene rings is 1. The number of amides is 2. The van der Waals surface area contributed by atoms with E-state index in [0.29, 0.717) is 31.8 Å². The molecule has 23 heavy (non-hydrogen) atoms. The number of hydrogen-bond acceptors (Lipinski definition) is 5. The first-order valence-electron chi connectivity index (χ1n) is 7.48. The molecule has 1 N–H and O–H groups in total. The van der Waals surface area contributed by atoms with Crippen molar-refractivity contribution in [1.29, 1.82) is 0 Å². The lowest BCUT2D eigenvalue weighted by molar-refractivity contribution is -0.384. The summed E-state index contributed by atoms with van der Waals surface area (Å²) in [5.41, 5.74) is 0.433. The number of carbonyl (C=O) groups is 2. The summed E-state index contributed by atoms with van der Waals surface area (Å²) in [5.74, 6) is -0.577. The zero-order valence-electron chi connectivity index (χ0n) is 12.9. The van der Waals surface area contributed by atoms with E-state index in [0.717, 1.165) is 6.42 Å². The maximum atomic E-state index is 12.2. The van der Waals surface area contributed by atoms with Gasteiger partial charge < -0.3 is 15.0 Å². The highest BCUT2D eigenvalue weighted by Crippen LogP contribution is 2.20. The number of hydrogen-bond donors (Lipinski definition) is 1. The number of nitro benzene ring substituents is 1. The molecule has 1 aromatic rings. The number of nitrogens with zero attached hydrogens (tertiary/aromatic N) is 2. The van der Waals surface area contributed by atoms with Crippen molar-refractivity contribution >= 4 is 23.4 Å². The van der Waals surface area contributed by atoms with Crippen LogP contribution in [0, 0.1) is 16.0 Å². The number of urea groups is 1. The minimum Gasteiger partial charge on any atom is -0.466 e. The number of anilines is 1. The Balaban J connectivity index is 1.94. The topological polar surface area (TPSA) is 102 Å². The van der Waals surface area contributed by atoms with Crippen LogP contribution in [0.3, 0.4) is 0 Å². The van der Waals surface area contributed by atoms with E-state index in [1.165, 1.54) is 24.3 Å². The smallest absolute Gasteiger partial charge is 0.321 e. The fourth-order valence-corrected chi connectivity index (χ4v) is 2.48. The van der Waals surface area contributed by atoms with Crippen LogP contribution < -0.4 is 5.32 Å². The normalized spacial score (nSPS) is 17.4. The number of piperidine rings is 1. The molecule has 124 valence electrons. The van der Waals surface area contributed by atoms with Gasteiger partial charge in [-0.05, 0) is 31.9 Å². The van der Waals surface area contributed by atoms with Gasteiger partial charge in [-0.25, -0.2) is 4.79 Å². The van der Waals surface area contributed by atoms with Crippen molar-refractivity contribution < 1.29 is 19.2 Å². The summed E-state index contributed by atoms with van der Waals surface area (Å²) in [4.78, 5) is 35.7. The second-order valence-corrected chi connectivity index (χ2v) is 5.27. The third-order valence-corrected chi connectivity index (χ3v) is 3.66. The lowest BCUT2D eigenvalue weighted by atomic mass is 9.98. The van der Waals surface area contributed by atoms with Crippen molar-refractivity contribution in [1.82, 2.24) is 4.90 Å². The molecule has 0 saturated carbocycles. The quantitative estimate of drug-likeness (QED) is 0.521. The molecule has 8 nitrogen and oxygen atoms in total. The second kappa shape index (κ2) is 7.57. The van der Waals surface area contributed by atoms with Gasteiger partial charge in [0, 0.05) is 30.9 Å². The Labute approximate surface area is 133 Å². The van der Waals surface area contributed by atoms with Crippen molar-refractivity contribution in [2.45, 2.75) is 19.8 Å². The molecule has 0 radical (unpaired) electrons. The van der Waals surface area contributed by atoms with Crippen molar-refractivity contribution in [2.24, 2.45) is 5.92 Å². The molecule has 2 rings (SSSR count). The molecule has 8 heteroatoms. The number of nitrogens with one attached hydrogen (secondary N) is 1. The number of ether oxygens (including phenoxy) is 1. The van der Waals surface area contributed by atoms with Gasteiger partial charge in [-0.15, -0.1) is 0 Å². The molecule has 0 aliphatic carbocycles. The van der Waals surface area contributed by atoms with Crippen LogP contribution in [-0.4, -0.2) is 41.5 Å². The fourth-order valence-electron chi connectivity index (χ4n) is 2.48. The van der Waals surface area contributed by atoms with E-state index >= 15 is 0 Å². The van der Waals surface area contributed by atoms with Crippen LogP contribution in [0.4, 0.5) is 16.2 Å². The Morgan fingerprint density at radius 2 is 2.09 bits per heavy atom. The highest BCUT2D eigenvalue weighted by molar-refractivity contribution is 5.90. The average molecular weight is 321 g/mol. The Morgan fingerprint density at radius 1 is 1.39 bits per heavy atom. The van der Waals surface area contributed by atoms with Crippen LogP contribution >= 0.6 is 0 Å². The number of carbonyl (C=O) groups excluding carboxylic acids is 2. The van der Waals surface area contributed by atoms with Crippen LogP contribution in [0.2, 0.25) is 0 Å². The van der Waals surface area contributed by atoms with Crippen molar-refractivity contribution in [2.75, 3.05) is 25.0 Å². The molecule has 0 bridgehead atoms. The first-order chi connectivity index (χ1) is 11.0. The predicted molar refractivity (Wildman–Crippen MR) is 83.0 cm³/mol. The summed E-state index contributed by atoms with van der Waals surface area (Å²) in [6.07, 6.45) is 1.44. The summed E-state index contributed by atoms with van der Waals surface area (Å²) in [6.45, 7) is 2.95. The summed E-state index contributed by atoms with van der Waals surface area (Å²) in [7, 11) is 0. The van der Waals surface area contributed by atoms with Crippen LogP contribution in [-0.2, 0) is 9.53 Å². The van der Waals surface area contributed by atoms with Crippen LogP contribution in [0.5, 0.6) is 0 Å². The third-order valence-electron chi connectivity index (χ3n) is 3.66. The van der Waals surface area contributed by atoms with Gasteiger partial charge in [-0.2, -0.15) is 0 Å². The van der Waals surface area contributed by atoms with Gasteiger partial charge in [-0.3, -0.25) is 14.9 Å². The molecule has 0 aromatic heterocycles. The molecule has 1 heterocycles. The summed E-state index contributed by atoms with van der Waals surface area (Å²) in [6, 6.07) is 5.28. The lowest BCUT2D eigenvalue weighted by Gasteiger charge is -2.31. The molecular formula is C15H19N3O5. The number of non-ortho nitro benzene ring substituents is 1. The Kier molecular flexibility index (Phi) is 5.51. The zero-order chi connectivity index (χ0) is 16.8. The second-order valence-electron chi connectivity index (χ2n) is 5.27. The SMILES string of the molecule is CCOC(=O)[C@@H]1CCCN(C(=O)Nc2ccc([N+](=O)[O-])cc2)C1. The first-order valence-corrected chi connectivity index (χ1v) is 7.48. The molecular weight excluding hydrogens is 302 g/mol. The molecule has 1 aliphatic heterocycles. The van der Waals surface area contributed by atoms with E-state index in [2.05, 4.69) is 5.32 Å².